The highest BCUT2D eigenvalue weighted by molar-refractivity contribution is 7.89. The summed E-state index contributed by atoms with van der Waals surface area (Å²) in [5, 5.41) is 5.54. The lowest BCUT2D eigenvalue weighted by Crippen LogP contribution is -2.40. The van der Waals surface area contributed by atoms with Gasteiger partial charge in [0.05, 0.1) is 11.5 Å². The molecule has 0 spiro atoms. The van der Waals surface area contributed by atoms with E-state index in [0.29, 0.717) is 23.6 Å². The van der Waals surface area contributed by atoms with Crippen molar-refractivity contribution in [2.24, 2.45) is 0 Å². The second kappa shape index (κ2) is 9.34. The lowest BCUT2D eigenvalue weighted by atomic mass is 10.1. The number of amides is 1. The third-order valence-electron chi connectivity index (χ3n) is 3.50. The number of rotatable bonds is 6. The van der Waals surface area contributed by atoms with Crippen molar-refractivity contribution in [2.75, 3.05) is 11.9 Å². The number of thiocarbonyl (C=S) groups is 1. The number of carbonyl (C=O) groups excluding carboxylic acids is 1. The fraction of sp³-hybridized carbons (Fsp3) is 0.300. The molecule has 0 aliphatic rings. The van der Waals surface area contributed by atoms with Crippen LogP contribution in [0.2, 0.25) is 0 Å². The third kappa shape index (κ3) is 7.12. The summed E-state index contributed by atoms with van der Waals surface area (Å²) in [6, 6.07) is 12.9. The van der Waals surface area contributed by atoms with Crippen molar-refractivity contribution < 1.29 is 17.9 Å². The minimum atomic E-state index is -3.62. The molecular formula is C20H25N3O4S2. The zero-order valence-corrected chi connectivity index (χ0v) is 18.4. The molecule has 0 aliphatic carbocycles. The van der Waals surface area contributed by atoms with E-state index in [0.717, 1.165) is 0 Å². The molecule has 0 unspecified atom stereocenters. The maximum absolute atomic E-state index is 12.3. The van der Waals surface area contributed by atoms with E-state index in [1.165, 1.54) is 12.1 Å². The van der Waals surface area contributed by atoms with Gasteiger partial charge in [-0.2, -0.15) is 0 Å². The summed E-state index contributed by atoms with van der Waals surface area (Å²) in [5.41, 5.74) is 0.379. The van der Waals surface area contributed by atoms with Gasteiger partial charge in [0.1, 0.15) is 5.75 Å². The van der Waals surface area contributed by atoms with E-state index >= 15 is 0 Å². The third-order valence-corrected chi connectivity index (χ3v) is 5.48. The Morgan fingerprint density at radius 2 is 1.76 bits per heavy atom. The second-order valence-corrected chi connectivity index (χ2v) is 9.34. The Labute approximate surface area is 176 Å². The lowest BCUT2D eigenvalue weighted by molar-refractivity contribution is 0.0977. The van der Waals surface area contributed by atoms with Crippen molar-refractivity contribution in [2.45, 2.75) is 38.1 Å². The van der Waals surface area contributed by atoms with Crippen LogP contribution in [0.4, 0.5) is 5.69 Å². The van der Waals surface area contributed by atoms with Gasteiger partial charge >= 0.3 is 0 Å². The molecule has 156 valence electrons. The van der Waals surface area contributed by atoms with Crippen molar-refractivity contribution in [3.8, 4) is 5.75 Å². The number of hydrogen-bond donors (Lipinski definition) is 3. The Morgan fingerprint density at radius 3 is 2.34 bits per heavy atom. The number of hydrogen-bond acceptors (Lipinski definition) is 5. The lowest BCUT2D eigenvalue weighted by Gasteiger charge is -2.20. The first kappa shape index (κ1) is 22.8. The molecule has 3 N–H and O–H groups in total. The van der Waals surface area contributed by atoms with E-state index in [-0.39, 0.29) is 15.9 Å². The Hall–Kier alpha value is -2.49. The molecule has 7 nitrogen and oxygen atoms in total. The first-order chi connectivity index (χ1) is 13.5. The van der Waals surface area contributed by atoms with Crippen molar-refractivity contribution >= 4 is 38.9 Å². The van der Waals surface area contributed by atoms with Gasteiger partial charge in [0.15, 0.2) is 5.11 Å². The summed E-state index contributed by atoms with van der Waals surface area (Å²) < 4.78 is 32.6. The van der Waals surface area contributed by atoms with Crippen LogP contribution in [0.1, 0.15) is 38.1 Å². The zero-order chi connectivity index (χ0) is 21.7. The normalized spacial score (nSPS) is 11.6. The topological polar surface area (TPSA) is 96.5 Å². The summed E-state index contributed by atoms with van der Waals surface area (Å²) >= 11 is 5.17. The largest absolute Gasteiger partial charge is 0.494 e. The average molecular weight is 436 g/mol. The average Bonchev–Trinajstić information content (AvgIpc) is 2.60. The highest BCUT2D eigenvalue weighted by Crippen LogP contribution is 2.17. The summed E-state index contributed by atoms with van der Waals surface area (Å²) in [7, 11) is -3.62. The number of sulfonamides is 1. The summed E-state index contributed by atoms with van der Waals surface area (Å²) in [6.07, 6.45) is 0. The Balaban J connectivity index is 2.00. The van der Waals surface area contributed by atoms with Crippen LogP contribution in [0.3, 0.4) is 0 Å². The van der Waals surface area contributed by atoms with E-state index in [2.05, 4.69) is 15.4 Å². The van der Waals surface area contributed by atoms with Gasteiger partial charge in [0, 0.05) is 16.8 Å². The fourth-order valence-electron chi connectivity index (χ4n) is 2.41. The minimum Gasteiger partial charge on any atom is -0.494 e. The first-order valence-corrected chi connectivity index (χ1v) is 10.9. The predicted octanol–water partition coefficient (Wildman–Crippen LogP) is 3.29. The number of nitrogens with one attached hydrogen (secondary N) is 3. The van der Waals surface area contributed by atoms with Crippen LogP contribution in [-0.2, 0) is 10.0 Å². The molecule has 0 bridgehead atoms. The van der Waals surface area contributed by atoms with Gasteiger partial charge in [0.25, 0.3) is 5.91 Å². The molecule has 2 rings (SSSR count). The second-order valence-electron chi connectivity index (χ2n) is 7.25. The Bertz CT molecular complexity index is 982. The molecule has 0 aliphatic heterocycles. The Kier molecular flexibility index (Phi) is 7.34. The molecule has 9 heteroatoms. The molecule has 0 aromatic heterocycles. The van der Waals surface area contributed by atoms with Gasteiger partial charge in [-0.25, -0.2) is 13.1 Å². The van der Waals surface area contributed by atoms with Crippen LogP contribution in [0.25, 0.3) is 0 Å². The highest BCUT2D eigenvalue weighted by Gasteiger charge is 2.21. The summed E-state index contributed by atoms with van der Waals surface area (Å²) in [6.45, 7) is 7.67. The number of ether oxygens (including phenoxy) is 1. The molecule has 0 atom stereocenters. The molecule has 0 fully saturated rings. The van der Waals surface area contributed by atoms with Crippen LogP contribution in [0.15, 0.2) is 53.4 Å². The standard InChI is InChI=1S/C20H25N3O4S2/c1-5-27-16-8-6-7-14(13-16)18(24)22-19(28)21-15-9-11-17(12-10-15)29(25,26)23-20(2,3)4/h6-13,23H,5H2,1-4H3,(H2,21,22,24,28). The van der Waals surface area contributed by atoms with Crippen LogP contribution in [-0.4, -0.2) is 31.6 Å². The van der Waals surface area contributed by atoms with E-state index in [1.807, 2.05) is 6.92 Å². The van der Waals surface area contributed by atoms with Crippen LogP contribution in [0, 0.1) is 0 Å². The quantitative estimate of drug-likeness (QED) is 0.603. The number of benzene rings is 2. The van der Waals surface area contributed by atoms with Gasteiger partial charge in [-0.3, -0.25) is 10.1 Å². The van der Waals surface area contributed by atoms with Crippen LogP contribution < -0.4 is 20.1 Å². The first-order valence-electron chi connectivity index (χ1n) is 8.99. The van der Waals surface area contributed by atoms with E-state index < -0.39 is 15.6 Å². The van der Waals surface area contributed by atoms with Crippen LogP contribution >= 0.6 is 12.2 Å². The molecule has 1 amide bonds. The zero-order valence-electron chi connectivity index (χ0n) is 16.8. The molecule has 0 saturated heterocycles. The maximum Gasteiger partial charge on any atom is 0.257 e. The van der Waals surface area contributed by atoms with E-state index in [4.69, 9.17) is 17.0 Å². The van der Waals surface area contributed by atoms with Gasteiger partial charge in [0.2, 0.25) is 10.0 Å². The van der Waals surface area contributed by atoms with Gasteiger partial charge in [-0.15, -0.1) is 0 Å². The van der Waals surface area contributed by atoms with E-state index in [1.54, 1.807) is 57.2 Å². The monoisotopic (exact) mass is 435 g/mol. The highest BCUT2D eigenvalue weighted by atomic mass is 32.2. The van der Waals surface area contributed by atoms with Gasteiger partial charge < -0.3 is 10.1 Å². The molecule has 0 saturated carbocycles. The molecular weight excluding hydrogens is 410 g/mol. The summed E-state index contributed by atoms with van der Waals surface area (Å²) in [4.78, 5) is 12.5. The fourth-order valence-corrected chi connectivity index (χ4v) is 4.04. The molecule has 2 aromatic rings. The van der Waals surface area contributed by atoms with Crippen LogP contribution in [0.5, 0.6) is 5.75 Å². The molecule has 2 aromatic carbocycles. The van der Waals surface area contributed by atoms with E-state index in [9.17, 15) is 13.2 Å². The smallest absolute Gasteiger partial charge is 0.257 e. The predicted molar refractivity (Wildman–Crippen MR) is 118 cm³/mol. The van der Waals surface area contributed by atoms with Crippen molar-refractivity contribution in [1.29, 1.82) is 0 Å². The minimum absolute atomic E-state index is 0.0974. The summed E-state index contributed by atoms with van der Waals surface area (Å²) in [5.74, 6) is 0.220. The van der Waals surface area contributed by atoms with Crippen molar-refractivity contribution in [3.05, 3.63) is 54.1 Å². The molecule has 0 radical (unpaired) electrons. The van der Waals surface area contributed by atoms with Gasteiger partial charge in [-0.1, -0.05) is 6.07 Å². The number of anilines is 1. The molecule has 29 heavy (non-hydrogen) atoms. The van der Waals surface area contributed by atoms with Crippen molar-refractivity contribution in [1.82, 2.24) is 10.0 Å². The van der Waals surface area contributed by atoms with Gasteiger partial charge in [-0.05, 0) is 82.4 Å². The maximum atomic E-state index is 12.3. The number of carbonyl (C=O) groups is 1. The van der Waals surface area contributed by atoms with Crippen molar-refractivity contribution in [3.63, 3.8) is 0 Å². The SMILES string of the molecule is CCOc1cccc(C(=O)NC(=S)Nc2ccc(S(=O)(=O)NC(C)(C)C)cc2)c1. The molecule has 0 heterocycles. The Morgan fingerprint density at radius 1 is 1.10 bits per heavy atom.